The SMILES string of the molecule is O=C1OC[C@@]2(C=C[C@]3(CC(=O)N3OCc3ccccc3)[C@H](O)[C@@H]2O)O1. The molecule has 2 fully saturated rings. The molecule has 4 atom stereocenters. The van der Waals surface area contributed by atoms with Crippen molar-refractivity contribution in [2.24, 2.45) is 0 Å². The Bertz CT molecular complexity index is 736. The minimum absolute atomic E-state index is 0.0125. The number of cyclic esters (lactones) is 1. The highest BCUT2D eigenvalue weighted by Gasteiger charge is 2.65. The maximum Gasteiger partial charge on any atom is 0.509 e. The predicted molar refractivity (Wildman–Crippen MR) is 81.7 cm³/mol. The van der Waals surface area contributed by atoms with Gasteiger partial charge in [0.1, 0.15) is 31.0 Å². The summed E-state index contributed by atoms with van der Waals surface area (Å²) in [6, 6.07) is 9.27. The Morgan fingerprint density at radius 3 is 2.56 bits per heavy atom. The predicted octanol–water partition coefficient (Wildman–Crippen LogP) is 0.287. The second-order valence-electron chi connectivity index (χ2n) is 6.43. The van der Waals surface area contributed by atoms with Crippen molar-refractivity contribution in [3.8, 4) is 0 Å². The Morgan fingerprint density at radius 1 is 1.16 bits per heavy atom. The van der Waals surface area contributed by atoms with E-state index in [1.807, 2.05) is 30.3 Å². The van der Waals surface area contributed by atoms with Crippen LogP contribution in [-0.4, -0.2) is 57.3 Å². The number of carbonyl (C=O) groups is 2. The number of hydrogen-bond acceptors (Lipinski definition) is 7. The van der Waals surface area contributed by atoms with Crippen molar-refractivity contribution in [3.63, 3.8) is 0 Å². The lowest BCUT2D eigenvalue weighted by Gasteiger charge is -2.55. The Hall–Kier alpha value is -2.42. The van der Waals surface area contributed by atoms with Crippen molar-refractivity contribution in [1.82, 2.24) is 5.06 Å². The maximum atomic E-state index is 12.0. The maximum absolute atomic E-state index is 12.0. The Morgan fingerprint density at radius 2 is 1.92 bits per heavy atom. The molecule has 8 heteroatoms. The van der Waals surface area contributed by atoms with Gasteiger partial charge in [-0.3, -0.25) is 9.63 Å². The molecule has 1 aromatic carbocycles. The number of hydrogen-bond donors (Lipinski definition) is 2. The summed E-state index contributed by atoms with van der Waals surface area (Å²) in [5.41, 5.74) is -1.77. The fourth-order valence-corrected chi connectivity index (χ4v) is 3.42. The molecule has 8 nitrogen and oxygen atoms in total. The van der Waals surface area contributed by atoms with Gasteiger partial charge in [0.2, 0.25) is 5.91 Å². The van der Waals surface area contributed by atoms with Gasteiger partial charge in [0, 0.05) is 0 Å². The molecule has 0 unspecified atom stereocenters. The zero-order valence-electron chi connectivity index (χ0n) is 13.2. The average molecular weight is 347 g/mol. The summed E-state index contributed by atoms with van der Waals surface area (Å²) < 4.78 is 9.77. The Kier molecular flexibility index (Phi) is 3.57. The molecule has 2 heterocycles. The van der Waals surface area contributed by atoms with Crippen LogP contribution in [0, 0.1) is 0 Å². The summed E-state index contributed by atoms with van der Waals surface area (Å²) in [7, 11) is 0. The summed E-state index contributed by atoms with van der Waals surface area (Å²) >= 11 is 0. The lowest BCUT2D eigenvalue weighted by atomic mass is 9.70. The van der Waals surface area contributed by atoms with Gasteiger partial charge in [-0.2, -0.15) is 0 Å². The highest BCUT2D eigenvalue weighted by Crippen LogP contribution is 2.45. The van der Waals surface area contributed by atoms with E-state index in [2.05, 4.69) is 0 Å². The zero-order chi connectivity index (χ0) is 17.7. The zero-order valence-corrected chi connectivity index (χ0v) is 13.2. The number of ether oxygens (including phenoxy) is 2. The number of amides is 1. The molecule has 0 bridgehead atoms. The molecule has 1 amide bonds. The topological polar surface area (TPSA) is 106 Å². The van der Waals surface area contributed by atoms with E-state index in [4.69, 9.17) is 14.3 Å². The quantitative estimate of drug-likeness (QED) is 0.460. The van der Waals surface area contributed by atoms with Gasteiger partial charge in [-0.05, 0) is 11.6 Å². The Labute approximate surface area is 143 Å². The minimum atomic E-state index is -1.44. The van der Waals surface area contributed by atoms with Gasteiger partial charge >= 0.3 is 6.16 Å². The summed E-state index contributed by atoms with van der Waals surface area (Å²) in [5, 5.41) is 22.2. The fourth-order valence-electron chi connectivity index (χ4n) is 3.42. The molecule has 3 aliphatic rings. The van der Waals surface area contributed by atoms with Gasteiger partial charge in [0.05, 0.1) is 6.42 Å². The molecule has 0 aromatic heterocycles. The molecule has 25 heavy (non-hydrogen) atoms. The van der Waals surface area contributed by atoms with Crippen LogP contribution in [0.2, 0.25) is 0 Å². The van der Waals surface area contributed by atoms with Gasteiger partial charge in [-0.15, -0.1) is 0 Å². The van der Waals surface area contributed by atoms with E-state index in [1.54, 1.807) is 6.08 Å². The third-order valence-corrected chi connectivity index (χ3v) is 4.90. The lowest BCUT2D eigenvalue weighted by molar-refractivity contribution is -0.283. The molecular weight excluding hydrogens is 330 g/mol. The monoisotopic (exact) mass is 347 g/mol. The van der Waals surface area contributed by atoms with Gasteiger partial charge in [0.15, 0.2) is 5.60 Å². The summed E-state index contributed by atoms with van der Waals surface area (Å²) in [4.78, 5) is 28.8. The standard InChI is InChI=1S/C17H17NO7/c19-12-8-16(18(12)24-9-11-4-2-1-3-5-11)6-7-17(14(21)13(16)20)10-23-15(22)25-17/h1-7,13-14,20-21H,8-10H2/t13-,14+,16+,17-/m1/s1. The van der Waals surface area contributed by atoms with Crippen LogP contribution in [0.5, 0.6) is 0 Å². The molecule has 1 aromatic rings. The van der Waals surface area contributed by atoms with E-state index in [-0.39, 0.29) is 25.5 Å². The van der Waals surface area contributed by atoms with Crippen molar-refractivity contribution in [2.45, 2.75) is 36.4 Å². The lowest BCUT2D eigenvalue weighted by Crippen LogP contribution is -2.74. The van der Waals surface area contributed by atoms with E-state index in [9.17, 15) is 19.8 Å². The first-order valence-electron chi connectivity index (χ1n) is 7.89. The summed E-state index contributed by atoms with van der Waals surface area (Å²) in [5.74, 6) is -0.303. The first-order valence-corrected chi connectivity index (χ1v) is 7.89. The molecule has 132 valence electrons. The van der Waals surface area contributed by atoms with Crippen LogP contribution >= 0.6 is 0 Å². The van der Waals surface area contributed by atoms with Gasteiger partial charge in [0.25, 0.3) is 0 Å². The summed E-state index contributed by atoms with van der Waals surface area (Å²) in [6.07, 6.45) is -0.755. The van der Waals surface area contributed by atoms with Crippen molar-refractivity contribution in [1.29, 1.82) is 0 Å². The second kappa shape index (κ2) is 5.55. The number of hydroxylamine groups is 2. The molecule has 1 aliphatic carbocycles. The number of aliphatic hydroxyl groups is 2. The van der Waals surface area contributed by atoms with Gasteiger partial charge in [-0.1, -0.05) is 36.4 Å². The van der Waals surface area contributed by atoms with Crippen LogP contribution in [0.3, 0.4) is 0 Å². The van der Waals surface area contributed by atoms with Crippen LogP contribution in [0.25, 0.3) is 0 Å². The van der Waals surface area contributed by atoms with E-state index in [1.165, 1.54) is 6.08 Å². The number of benzene rings is 1. The smallest absolute Gasteiger partial charge is 0.430 e. The van der Waals surface area contributed by atoms with Crippen molar-refractivity contribution in [3.05, 3.63) is 48.0 Å². The second-order valence-corrected chi connectivity index (χ2v) is 6.43. The number of rotatable bonds is 3. The van der Waals surface area contributed by atoms with E-state index < -0.39 is 29.5 Å². The molecule has 0 radical (unpaired) electrons. The van der Waals surface area contributed by atoms with Crippen molar-refractivity contribution >= 4 is 12.1 Å². The number of aliphatic hydroxyl groups excluding tert-OH is 2. The largest absolute Gasteiger partial charge is 0.509 e. The van der Waals surface area contributed by atoms with E-state index >= 15 is 0 Å². The van der Waals surface area contributed by atoms with Gasteiger partial charge in [-0.25, -0.2) is 9.86 Å². The first-order chi connectivity index (χ1) is 12.0. The number of nitrogens with zero attached hydrogens (tertiary/aromatic N) is 1. The molecule has 4 rings (SSSR count). The van der Waals surface area contributed by atoms with Gasteiger partial charge < -0.3 is 19.7 Å². The first kappa shape index (κ1) is 16.1. The van der Waals surface area contributed by atoms with E-state index in [0.29, 0.717) is 0 Å². The van der Waals surface area contributed by atoms with Crippen LogP contribution in [0.1, 0.15) is 12.0 Å². The highest BCUT2D eigenvalue weighted by atomic mass is 16.8. The third-order valence-electron chi connectivity index (χ3n) is 4.90. The molecular formula is C17H17NO7. The van der Waals surface area contributed by atoms with Crippen LogP contribution < -0.4 is 0 Å². The molecule has 2 aliphatic heterocycles. The Balaban J connectivity index is 1.55. The minimum Gasteiger partial charge on any atom is -0.430 e. The molecule has 0 saturated carbocycles. The molecule has 2 saturated heterocycles. The normalized spacial score (nSPS) is 36.5. The number of β-lactam (4-membered cyclic amide) rings is 1. The van der Waals surface area contributed by atoms with E-state index in [0.717, 1.165) is 10.6 Å². The van der Waals surface area contributed by atoms with Crippen molar-refractivity contribution in [2.75, 3.05) is 6.61 Å². The van der Waals surface area contributed by atoms with Crippen LogP contribution in [0.15, 0.2) is 42.5 Å². The van der Waals surface area contributed by atoms with Crippen LogP contribution in [-0.2, 0) is 25.7 Å². The fraction of sp³-hybridized carbons (Fsp3) is 0.412. The molecule has 2 spiro atoms. The molecule has 2 N–H and O–H groups in total. The average Bonchev–Trinajstić information content (AvgIpc) is 2.99. The van der Waals surface area contributed by atoms with Crippen LogP contribution in [0.4, 0.5) is 4.79 Å². The number of carbonyl (C=O) groups excluding carboxylic acids is 2. The highest BCUT2D eigenvalue weighted by molar-refractivity contribution is 5.85. The summed E-state index contributed by atoms with van der Waals surface area (Å²) in [6.45, 7) is -0.0519. The third kappa shape index (κ3) is 2.33. The van der Waals surface area contributed by atoms with Crippen molar-refractivity contribution < 1.29 is 34.1 Å².